The van der Waals surface area contributed by atoms with Crippen LogP contribution in [0.4, 0.5) is 0 Å². The molecule has 0 saturated heterocycles. The molecule has 2 aromatic carbocycles. The minimum atomic E-state index is -1.04. The van der Waals surface area contributed by atoms with E-state index in [1.807, 2.05) is 6.07 Å². The quantitative estimate of drug-likeness (QED) is 0.0902. The van der Waals surface area contributed by atoms with Gasteiger partial charge in [-0.25, -0.2) is 0 Å². The molecular weight excluding hydrogens is 735 g/mol. The monoisotopic (exact) mass is 795 g/mol. The lowest BCUT2D eigenvalue weighted by Crippen LogP contribution is -2.38. The first-order valence-corrected chi connectivity index (χ1v) is 22.0. The van der Waals surface area contributed by atoms with Crippen molar-refractivity contribution in [3.63, 3.8) is 0 Å². The van der Waals surface area contributed by atoms with Crippen LogP contribution >= 0.6 is 21.6 Å². The number of phenols is 2. The number of hydrogen-bond donors (Lipinski definition) is 8. The summed E-state index contributed by atoms with van der Waals surface area (Å²) >= 11 is 0. The number of rotatable bonds is 14. The van der Waals surface area contributed by atoms with Crippen LogP contribution in [-0.4, -0.2) is 106 Å². The number of fused-ring (bicyclic) bond motifs is 1. The van der Waals surface area contributed by atoms with Crippen molar-refractivity contribution >= 4 is 21.6 Å². The van der Waals surface area contributed by atoms with Gasteiger partial charge in [0.25, 0.3) is 0 Å². The fourth-order valence-electron chi connectivity index (χ4n) is 8.22. The van der Waals surface area contributed by atoms with Crippen molar-refractivity contribution in [2.45, 2.75) is 126 Å². The Hall–Kier alpha value is -2.14. The standard InChI is InChI=1S/C40H61NO11S2/c1-49-37-16-26(17-38(40(37)48)51-24-44)15-32-33(45)19-30(50-23-43)12-9-27-18-36(34(46)20-31(27)39(13-14-42)54-53-22-35(32)47)52-29-10-7-25(8-11-29)21-41-28-5-3-2-4-6-28/h16-18,20,25,28-30,32-33,35,39,41-48H,2-15,19,21-24H2,1H3. The van der Waals surface area contributed by atoms with Crippen molar-refractivity contribution in [1.29, 1.82) is 0 Å². The summed E-state index contributed by atoms with van der Waals surface area (Å²) < 4.78 is 22.7. The molecule has 0 radical (unpaired) electrons. The maximum absolute atomic E-state index is 11.6. The molecule has 5 rings (SSSR count). The third kappa shape index (κ3) is 12.2. The Balaban J connectivity index is 1.31. The smallest absolute Gasteiger partial charge is 0.200 e. The minimum absolute atomic E-state index is 0.00618. The highest BCUT2D eigenvalue weighted by molar-refractivity contribution is 8.76. The number of ether oxygens (including phenoxy) is 4. The Morgan fingerprint density at radius 3 is 2.28 bits per heavy atom. The Morgan fingerprint density at radius 2 is 1.57 bits per heavy atom. The van der Waals surface area contributed by atoms with Crippen molar-refractivity contribution in [3.05, 3.63) is 41.0 Å². The van der Waals surface area contributed by atoms with E-state index in [1.165, 1.54) is 60.8 Å². The molecule has 0 amide bonds. The van der Waals surface area contributed by atoms with E-state index in [0.29, 0.717) is 42.5 Å². The molecule has 5 unspecified atom stereocenters. The average molecular weight is 796 g/mol. The molecule has 3 aliphatic rings. The molecule has 304 valence electrons. The number of aliphatic hydroxyl groups is 5. The van der Waals surface area contributed by atoms with E-state index in [-0.39, 0.29) is 59.6 Å². The molecule has 1 heterocycles. The molecule has 2 saturated carbocycles. The summed E-state index contributed by atoms with van der Waals surface area (Å²) in [7, 11) is 4.32. The Morgan fingerprint density at radius 1 is 0.815 bits per heavy atom. The van der Waals surface area contributed by atoms with Crippen molar-refractivity contribution < 1.29 is 54.7 Å². The Kier molecular flexibility index (Phi) is 17.5. The average Bonchev–Trinajstić information content (AvgIpc) is 3.18. The molecule has 0 aromatic heterocycles. The molecule has 1 aliphatic heterocycles. The van der Waals surface area contributed by atoms with Gasteiger partial charge < -0.3 is 60.0 Å². The van der Waals surface area contributed by atoms with E-state index in [9.17, 15) is 35.7 Å². The van der Waals surface area contributed by atoms with E-state index >= 15 is 0 Å². The zero-order valence-electron chi connectivity index (χ0n) is 31.4. The zero-order chi connectivity index (χ0) is 38.5. The van der Waals surface area contributed by atoms with Crippen molar-refractivity contribution in [2.75, 3.05) is 39.6 Å². The SMILES string of the molecule is COc1cc(CC2C(O)CSSC(CCO)c3cc(O)c(OC4CCC(CNC5CCCCC5)CC4)cc3CCC(OCO)CC2O)cc(OCO)c1O. The van der Waals surface area contributed by atoms with Gasteiger partial charge >= 0.3 is 0 Å². The zero-order valence-corrected chi connectivity index (χ0v) is 33.1. The molecule has 8 N–H and O–H groups in total. The predicted octanol–water partition coefficient (Wildman–Crippen LogP) is 5.35. The van der Waals surface area contributed by atoms with E-state index in [2.05, 4.69) is 5.32 Å². The summed E-state index contributed by atoms with van der Waals surface area (Å²) in [5, 5.41) is 77.8. The van der Waals surface area contributed by atoms with Crippen LogP contribution in [0.25, 0.3) is 0 Å². The second kappa shape index (κ2) is 22.0. The minimum Gasteiger partial charge on any atom is -0.504 e. The number of benzene rings is 2. The molecule has 2 fully saturated rings. The van der Waals surface area contributed by atoms with Crippen LogP contribution in [0.5, 0.6) is 28.7 Å². The number of methoxy groups -OCH3 is 1. The third-order valence-electron chi connectivity index (χ3n) is 11.3. The molecule has 5 atom stereocenters. The van der Waals surface area contributed by atoms with Crippen molar-refractivity contribution in [3.8, 4) is 28.7 Å². The molecular formula is C40H61NO11S2. The number of aliphatic hydroxyl groups excluding tert-OH is 5. The first-order valence-electron chi connectivity index (χ1n) is 19.6. The molecule has 12 nitrogen and oxygen atoms in total. The maximum Gasteiger partial charge on any atom is 0.200 e. The first kappa shape index (κ1) is 43.0. The van der Waals surface area contributed by atoms with Gasteiger partial charge in [-0.15, -0.1) is 0 Å². The lowest BCUT2D eigenvalue weighted by molar-refractivity contribution is -0.0808. The lowest BCUT2D eigenvalue weighted by atomic mass is 9.85. The molecule has 2 aliphatic carbocycles. The molecule has 0 bridgehead atoms. The van der Waals surface area contributed by atoms with Crippen LogP contribution in [0.2, 0.25) is 0 Å². The first-order chi connectivity index (χ1) is 26.2. The summed E-state index contributed by atoms with van der Waals surface area (Å²) in [6.45, 7) is -0.226. The Labute approximate surface area is 327 Å². The van der Waals surface area contributed by atoms with E-state index in [0.717, 1.165) is 43.4 Å². The van der Waals surface area contributed by atoms with Crippen LogP contribution in [0.1, 0.15) is 99.0 Å². The number of aromatic hydroxyl groups is 2. The summed E-state index contributed by atoms with van der Waals surface area (Å²) in [5.74, 6) is 0.561. The van der Waals surface area contributed by atoms with Gasteiger partial charge in [-0.2, -0.15) is 0 Å². The lowest BCUT2D eigenvalue weighted by Gasteiger charge is -2.31. The van der Waals surface area contributed by atoms with Gasteiger partial charge in [0.1, 0.15) is 6.79 Å². The number of nitrogens with one attached hydrogen (secondary N) is 1. The maximum atomic E-state index is 11.6. The highest BCUT2D eigenvalue weighted by atomic mass is 33.1. The second-order valence-corrected chi connectivity index (χ2v) is 17.6. The summed E-state index contributed by atoms with van der Waals surface area (Å²) in [5.41, 5.74) is 2.41. The van der Waals surface area contributed by atoms with Gasteiger partial charge in [-0.1, -0.05) is 40.9 Å². The van der Waals surface area contributed by atoms with Gasteiger partial charge in [0.15, 0.2) is 29.8 Å². The molecule has 14 heteroatoms. The number of phenolic OH excluding ortho intramolecular Hbond substituents is 2. The highest BCUT2D eigenvalue weighted by Crippen LogP contribution is 2.47. The largest absolute Gasteiger partial charge is 0.504 e. The van der Waals surface area contributed by atoms with Crippen molar-refractivity contribution in [1.82, 2.24) is 5.32 Å². The Bertz CT molecular complexity index is 1420. The normalized spacial score (nSPS) is 27.6. The topological polar surface area (TPSA) is 191 Å². The van der Waals surface area contributed by atoms with Crippen LogP contribution in [0, 0.1) is 11.8 Å². The van der Waals surface area contributed by atoms with Gasteiger partial charge in [0.05, 0.1) is 31.5 Å². The second-order valence-electron chi connectivity index (χ2n) is 15.0. The van der Waals surface area contributed by atoms with Gasteiger partial charge in [-0.05, 0) is 124 Å². The molecule has 54 heavy (non-hydrogen) atoms. The predicted molar refractivity (Wildman–Crippen MR) is 210 cm³/mol. The van der Waals surface area contributed by atoms with Crippen LogP contribution in [0.3, 0.4) is 0 Å². The fourth-order valence-corrected chi connectivity index (χ4v) is 11.1. The van der Waals surface area contributed by atoms with E-state index < -0.39 is 37.8 Å². The van der Waals surface area contributed by atoms with E-state index in [1.54, 1.807) is 18.2 Å². The van der Waals surface area contributed by atoms with Crippen molar-refractivity contribution in [2.24, 2.45) is 11.8 Å². The third-order valence-corrected chi connectivity index (χ3v) is 14.2. The molecule has 0 spiro atoms. The molecule has 2 aromatic rings. The number of hydrogen-bond acceptors (Lipinski definition) is 14. The fraction of sp³-hybridized carbons (Fsp3) is 0.700. The van der Waals surface area contributed by atoms with Crippen LogP contribution in [-0.2, 0) is 17.6 Å². The summed E-state index contributed by atoms with van der Waals surface area (Å²) in [6.07, 6.45) is 9.66. The van der Waals surface area contributed by atoms with Gasteiger partial charge in [0, 0.05) is 29.6 Å². The summed E-state index contributed by atoms with van der Waals surface area (Å²) in [4.78, 5) is 0. The van der Waals surface area contributed by atoms with Gasteiger partial charge in [0.2, 0.25) is 5.75 Å². The van der Waals surface area contributed by atoms with Crippen LogP contribution in [0.15, 0.2) is 24.3 Å². The van der Waals surface area contributed by atoms with Gasteiger partial charge in [-0.3, -0.25) is 0 Å². The summed E-state index contributed by atoms with van der Waals surface area (Å²) in [6, 6.07) is 7.45. The van der Waals surface area contributed by atoms with Crippen LogP contribution < -0.4 is 19.5 Å². The number of aryl methyl sites for hydroxylation is 1. The van der Waals surface area contributed by atoms with E-state index in [4.69, 9.17) is 18.9 Å². The highest BCUT2D eigenvalue weighted by Gasteiger charge is 2.33.